The molecule has 1 aromatic carbocycles. The van der Waals surface area contributed by atoms with Crippen molar-refractivity contribution >= 4 is 17.4 Å². The fourth-order valence-electron chi connectivity index (χ4n) is 2.36. The molecular formula is C16H20ClN3O. The van der Waals surface area contributed by atoms with Crippen LogP contribution in [0.15, 0.2) is 30.3 Å². The van der Waals surface area contributed by atoms with Gasteiger partial charge < -0.3 is 5.73 Å². The molecule has 0 saturated carbocycles. The van der Waals surface area contributed by atoms with Gasteiger partial charge in [-0.15, -0.1) is 0 Å². The Labute approximate surface area is 129 Å². The van der Waals surface area contributed by atoms with Gasteiger partial charge in [-0.05, 0) is 19.4 Å². The predicted molar refractivity (Wildman–Crippen MR) is 84.3 cm³/mol. The second-order valence-corrected chi connectivity index (χ2v) is 5.48. The van der Waals surface area contributed by atoms with E-state index in [0.29, 0.717) is 18.0 Å². The minimum absolute atomic E-state index is 0.0721. The van der Waals surface area contributed by atoms with Crippen molar-refractivity contribution in [2.45, 2.75) is 39.3 Å². The quantitative estimate of drug-likeness (QED) is 0.892. The molecule has 2 N–H and O–H groups in total. The van der Waals surface area contributed by atoms with Crippen LogP contribution in [0.5, 0.6) is 0 Å². The number of aromatic nitrogens is 2. The first kappa shape index (κ1) is 15.7. The molecule has 0 aliphatic carbocycles. The topological polar surface area (TPSA) is 60.9 Å². The zero-order chi connectivity index (χ0) is 15.4. The standard InChI is InChI=1S/C16H20ClN3O/c1-3-20-15(16(17)11(2)19-20)10-13(21)9-14(18)12-7-5-4-6-8-12/h4-8,14H,3,9-10,18H2,1-2H3. The number of carbonyl (C=O) groups excluding carboxylic acids is 1. The van der Waals surface area contributed by atoms with Gasteiger partial charge >= 0.3 is 0 Å². The lowest BCUT2D eigenvalue weighted by Gasteiger charge is -2.11. The van der Waals surface area contributed by atoms with Crippen LogP contribution in [0.3, 0.4) is 0 Å². The van der Waals surface area contributed by atoms with Crippen LogP contribution in [0.1, 0.15) is 36.3 Å². The zero-order valence-corrected chi connectivity index (χ0v) is 13.1. The van der Waals surface area contributed by atoms with Gasteiger partial charge in [0.1, 0.15) is 5.78 Å². The molecular weight excluding hydrogens is 286 g/mol. The third-order valence-electron chi connectivity index (χ3n) is 3.49. The Morgan fingerprint density at radius 2 is 2.05 bits per heavy atom. The van der Waals surface area contributed by atoms with Crippen LogP contribution in [-0.4, -0.2) is 15.6 Å². The third kappa shape index (κ3) is 3.71. The van der Waals surface area contributed by atoms with E-state index in [-0.39, 0.29) is 18.2 Å². The van der Waals surface area contributed by atoms with Gasteiger partial charge in [0.05, 0.1) is 16.4 Å². The number of benzene rings is 1. The molecule has 0 spiro atoms. The van der Waals surface area contributed by atoms with Gasteiger partial charge in [-0.3, -0.25) is 9.48 Å². The summed E-state index contributed by atoms with van der Waals surface area (Å²) in [6, 6.07) is 9.37. The summed E-state index contributed by atoms with van der Waals surface area (Å²) in [4.78, 5) is 12.2. The first-order valence-electron chi connectivity index (χ1n) is 7.07. The smallest absolute Gasteiger partial charge is 0.140 e. The number of hydrogen-bond donors (Lipinski definition) is 1. The van der Waals surface area contributed by atoms with Crippen LogP contribution in [0.25, 0.3) is 0 Å². The minimum atomic E-state index is -0.281. The molecule has 0 aliphatic heterocycles. The molecule has 112 valence electrons. The van der Waals surface area contributed by atoms with Gasteiger partial charge in [0.25, 0.3) is 0 Å². The van der Waals surface area contributed by atoms with Gasteiger partial charge in [0.15, 0.2) is 0 Å². The van der Waals surface area contributed by atoms with E-state index in [4.69, 9.17) is 17.3 Å². The van der Waals surface area contributed by atoms with Crippen LogP contribution in [-0.2, 0) is 17.8 Å². The molecule has 2 rings (SSSR count). The number of nitrogens with zero attached hydrogens (tertiary/aromatic N) is 2. The highest BCUT2D eigenvalue weighted by molar-refractivity contribution is 6.32. The summed E-state index contributed by atoms with van der Waals surface area (Å²) in [5, 5.41) is 4.90. The van der Waals surface area contributed by atoms with E-state index in [2.05, 4.69) is 5.10 Å². The van der Waals surface area contributed by atoms with Crippen LogP contribution in [0, 0.1) is 6.92 Å². The molecule has 0 amide bonds. The monoisotopic (exact) mass is 305 g/mol. The first-order chi connectivity index (χ1) is 10.0. The number of nitrogens with two attached hydrogens (primary N) is 1. The van der Waals surface area contributed by atoms with E-state index in [0.717, 1.165) is 17.0 Å². The average Bonchev–Trinajstić information content (AvgIpc) is 2.75. The lowest BCUT2D eigenvalue weighted by atomic mass is 10.0. The molecule has 0 radical (unpaired) electrons. The number of rotatable bonds is 6. The first-order valence-corrected chi connectivity index (χ1v) is 7.44. The molecule has 1 heterocycles. The molecule has 0 fully saturated rings. The Bertz CT molecular complexity index is 622. The van der Waals surface area contributed by atoms with Gasteiger partial charge in [-0.1, -0.05) is 41.9 Å². The minimum Gasteiger partial charge on any atom is -0.324 e. The maximum absolute atomic E-state index is 12.2. The van der Waals surface area contributed by atoms with Crippen LogP contribution in [0.4, 0.5) is 0 Å². The van der Waals surface area contributed by atoms with Crippen molar-refractivity contribution in [2.24, 2.45) is 5.73 Å². The molecule has 1 aromatic heterocycles. The Morgan fingerprint density at radius 1 is 1.38 bits per heavy atom. The molecule has 0 bridgehead atoms. The van der Waals surface area contributed by atoms with E-state index < -0.39 is 0 Å². The van der Waals surface area contributed by atoms with Gasteiger partial charge in [0, 0.05) is 25.4 Å². The predicted octanol–water partition coefficient (Wildman–Crippen LogP) is 3.07. The van der Waals surface area contributed by atoms with Crippen molar-refractivity contribution in [1.82, 2.24) is 9.78 Å². The fraction of sp³-hybridized carbons (Fsp3) is 0.375. The summed E-state index contributed by atoms with van der Waals surface area (Å²) in [5.74, 6) is 0.0721. The highest BCUT2D eigenvalue weighted by atomic mass is 35.5. The maximum atomic E-state index is 12.2. The summed E-state index contributed by atoms with van der Waals surface area (Å²) in [6.07, 6.45) is 0.572. The van der Waals surface area contributed by atoms with Crippen molar-refractivity contribution in [3.05, 3.63) is 52.3 Å². The maximum Gasteiger partial charge on any atom is 0.140 e. The summed E-state index contributed by atoms with van der Waals surface area (Å²) in [5.41, 5.74) is 8.59. The summed E-state index contributed by atoms with van der Waals surface area (Å²) in [7, 11) is 0. The summed E-state index contributed by atoms with van der Waals surface area (Å²) in [6.45, 7) is 4.52. The normalized spacial score (nSPS) is 12.4. The van der Waals surface area contributed by atoms with Gasteiger partial charge in [0.2, 0.25) is 0 Å². The van der Waals surface area contributed by atoms with E-state index in [1.165, 1.54) is 0 Å². The highest BCUT2D eigenvalue weighted by Crippen LogP contribution is 2.22. The molecule has 1 atom stereocenters. The van der Waals surface area contributed by atoms with Crippen LogP contribution in [0.2, 0.25) is 5.02 Å². The SMILES string of the molecule is CCn1nc(C)c(Cl)c1CC(=O)CC(N)c1ccccc1. The summed E-state index contributed by atoms with van der Waals surface area (Å²) < 4.78 is 1.78. The Kier molecular flexibility index (Phi) is 5.15. The third-order valence-corrected chi connectivity index (χ3v) is 3.98. The van der Waals surface area contributed by atoms with Crippen molar-refractivity contribution in [1.29, 1.82) is 0 Å². The second-order valence-electron chi connectivity index (χ2n) is 5.10. The number of halogens is 1. The van der Waals surface area contributed by atoms with E-state index in [1.807, 2.05) is 44.2 Å². The molecule has 0 saturated heterocycles. The fourth-order valence-corrected chi connectivity index (χ4v) is 2.56. The van der Waals surface area contributed by atoms with E-state index in [9.17, 15) is 4.79 Å². The molecule has 21 heavy (non-hydrogen) atoms. The lowest BCUT2D eigenvalue weighted by Crippen LogP contribution is -2.18. The van der Waals surface area contributed by atoms with Crippen molar-refractivity contribution < 1.29 is 4.79 Å². The highest BCUT2D eigenvalue weighted by Gasteiger charge is 2.18. The number of Topliss-reactive ketones (excluding diaryl/α,β-unsaturated/α-hetero) is 1. The average molecular weight is 306 g/mol. The largest absolute Gasteiger partial charge is 0.324 e. The molecule has 4 nitrogen and oxygen atoms in total. The Morgan fingerprint density at radius 3 is 2.67 bits per heavy atom. The Hall–Kier alpha value is -1.65. The van der Waals surface area contributed by atoms with Crippen LogP contribution < -0.4 is 5.73 Å². The molecule has 5 heteroatoms. The lowest BCUT2D eigenvalue weighted by molar-refractivity contribution is -0.118. The number of carbonyl (C=O) groups is 1. The van der Waals surface area contributed by atoms with Crippen molar-refractivity contribution in [2.75, 3.05) is 0 Å². The van der Waals surface area contributed by atoms with E-state index >= 15 is 0 Å². The second kappa shape index (κ2) is 6.87. The number of ketones is 1. The van der Waals surface area contributed by atoms with Gasteiger partial charge in [-0.25, -0.2) is 0 Å². The Balaban J connectivity index is 2.06. The van der Waals surface area contributed by atoms with E-state index in [1.54, 1.807) is 4.68 Å². The number of aryl methyl sites for hydroxylation is 2. The van der Waals surface area contributed by atoms with Crippen molar-refractivity contribution in [3.8, 4) is 0 Å². The van der Waals surface area contributed by atoms with Crippen molar-refractivity contribution in [3.63, 3.8) is 0 Å². The summed E-state index contributed by atoms with van der Waals surface area (Å²) >= 11 is 6.22. The number of hydrogen-bond acceptors (Lipinski definition) is 3. The molecule has 2 aromatic rings. The molecule has 1 unspecified atom stereocenters. The van der Waals surface area contributed by atoms with Gasteiger partial charge in [-0.2, -0.15) is 5.10 Å². The van der Waals surface area contributed by atoms with Crippen LogP contribution >= 0.6 is 11.6 Å². The zero-order valence-electron chi connectivity index (χ0n) is 12.3. The molecule has 0 aliphatic rings.